The van der Waals surface area contributed by atoms with Gasteiger partial charge in [0.1, 0.15) is 0 Å². The second kappa shape index (κ2) is 18.1. The van der Waals surface area contributed by atoms with Crippen molar-refractivity contribution in [3.63, 3.8) is 0 Å². The molecule has 0 saturated heterocycles. The van der Waals surface area contributed by atoms with Gasteiger partial charge >= 0.3 is 23.6 Å². The van der Waals surface area contributed by atoms with E-state index in [1.165, 1.54) is 0 Å². The van der Waals surface area contributed by atoms with E-state index in [1.54, 1.807) is 0 Å². The summed E-state index contributed by atoms with van der Waals surface area (Å²) in [5.41, 5.74) is 0. The van der Waals surface area contributed by atoms with Gasteiger partial charge in [0.25, 0.3) is 0 Å². The molecule has 0 aromatic rings. The first kappa shape index (κ1) is 16.1. The predicted molar refractivity (Wildman–Crippen MR) is 4.44 cm³/mol. The molecular weight excluding hydrogens is 204 g/mol. The molecular formula is H2MnNi2O2. The van der Waals surface area contributed by atoms with Gasteiger partial charge in [0.15, 0.2) is 0 Å². The molecule has 0 aliphatic carbocycles. The number of rotatable bonds is 0. The van der Waals surface area contributed by atoms with Gasteiger partial charge in [-0.2, -0.15) is 0 Å². The zero-order chi connectivity index (χ0) is 2.71. The van der Waals surface area contributed by atoms with Crippen LogP contribution in [0.25, 0.3) is 0 Å². The van der Waals surface area contributed by atoms with E-state index in [0.717, 1.165) is 0 Å². The van der Waals surface area contributed by atoms with E-state index in [2.05, 4.69) is 0 Å². The Balaban J connectivity index is -0.0000000200. The normalized spacial score (nSPS) is 4.40. The third-order valence-corrected chi connectivity index (χ3v) is 0. The summed E-state index contributed by atoms with van der Waals surface area (Å²) in [4.78, 5) is 0. The Bertz CT molecular complexity index is 7.61. The van der Waals surface area contributed by atoms with Crippen molar-refractivity contribution in [1.29, 1.82) is 0 Å². The first-order valence-electron chi connectivity index (χ1n) is 0.283. The summed E-state index contributed by atoms with van der Waals surface area (Å²) in [7, 11) is 0. The monoisotopic (exact) mass is 205 g/mol. The molecule has 5 heteroatoms. The predicted octanol–water partition coefficient (Wildman–Crippen LogP) is -1.12. The van der Waals surface area contributed by atoms with Crippen molar-refractivity contribution in [2.75, 3.05) is 0 Å². The summed E-state index contributed by atoms with van der Waals surface area (Å²) in [5, 5.41) is 0. The first-order chi connectivity index (χ1) is 1.41. The summed E-state index contributed by atoms with van der Waals surface area (Å²) >= 11 is -0.375. The van der Waals surface area contributed by atoms with Crippen LogP contribution in [0.1, 0.15) is 0 Å². The summed E-state index contributed by atoms with van der Waals surface area (Å²) in [5.74, 6) is 0. The molecule has 0 aromatic carbocycles. The van der Waals surface area contributed by atoms with Crippen molar-refractivity contribution in [1.82, 2.24) is 0 Å². The molecule has 0 atom stereocenters. The van der Waals surface area contributed by atoms with Crippen LogP contribution in [0.3, 0.4) is 0 Å². The summed E-state index contributed by atoms with van der Waals surface area (Å²) in [6.07, 6.45) is 0. The Morgan fingerprint density at radius 2 is 1.20 bits per heavy atom. The fourth-order valence-electron chi connectivity index (χ4n) is 0. The van der Waals surface area contributed by atoms with Gasteiger partial charge < -0.3 is 0 Å². The van der Waals surface area contributed by atoms with E-state index in [0.29, 0.717) is 0 Å². The van der Waals surface area contributed by atoms with Gasteiger partial charge in [0.05, 0.1) is 0 Å². The first-order valence-corrected chi connectivity index (χ1v) is 1.17. The zero-order valence-corrected chi connectivity index (χ0v) is 5.06. The number of hydrogen-bond donors (Lipinski definition) is 2. The molecule has 0 amide bonds. The Morgan fingerprint density at radius 3 is 1.20 bits per heavy atom. The Morgan fingerprint density at radius 1 is 1.20 bits per heavy atom. The van der Waals surface area contributed by atoms with Gasteiger partial charge in [-0.05, 0) is 0 Å². The Kier molecular flexibility index (Phi) is 58.2. The molecule has 0 spiro atoms. The molecule has 0 bridgehead atoms. The molecule has 0 fully saturated rings. The second-order valence-corrected chi connectivity index (χ2v) is 0.261. The van der Waals surface area contributed by atoms with Crippen molar-refractivity contribution in [2.24, 2.45) is 0 Å². The fraction of sp³-hybridized carbons (Fsp3) is 0. The van der Waals surface area contributed by atoms with Gasteiger partial charge in [-0.15, -0.1) is 0 Å². The SMILES string of the molecule is [Mn].[Ni].[OH][Ni][OH]. The Labute approximate surface area is 57.2 Å². The fourth-order valence-corrected chi connectivity index (χ4v) is 0. The van der Waals surface area contributed by atoms with Gasteiger partial charge in [-0.1, -0.05) is 0 Å². The van der Waals surface area contributed by atoms with Gasteiger partial charge in [0, 0.05) is 33.6 Å². The van der Waals surface area contributed by atoms with Crippen LogP contribution in [0.2, 0.25) is 0 Å². The van der Waals surface area contributed by atoms with E-state index in [1.807, 2.05) is 0 Å². The van der Waals surface area contributed by atoms with Crippen LogP contribution in [0.4, 0.5) is 0 Å². The minimum absolute atomic E-state index is 0. The molecule has 0 aliphatic heterocycles. The standard InChI is InChI=1S/Mn.2Ni.2H2O/h;;;2*1H2/q;;+2;;/p-2. The Hall–Kier alpha value is 1.43. The quantitative estimate of drug-likeness (QED) is 0.493. The summed E-state index contributed by atoms with van der Waals surface area (Å²) in [6.45, 7) is 0. The maximum atomic E-state index is 7.06. The molecule has 0 rings (SSSR count). The van der Waals surface area contributed by atoms with Crippen LogP contribution in [0.5, 0.6) is 0 Å². The third kappa shape index (κ3) is 31.3. The van der Waals surface area contributed by atoms with Crippen molar-refractivity contribution in [3.8, 4) is 0 Å². The van der Waals surface area contributed by atoms with E-state index in [4.69, 9.17) is 8.50 Å². The van der Waals surface area contributed by atoms with Crippen molar-refractivity contribution in [2.45, 2.75) is 0 Å². The molecule has 0 aromatic heterocycles. The molecule has 5 heavy (non-hydrogen) atoms. The van der Waals surface area contributed by atoms with Crippen LogP contribution < -0.4 is 0 Å². The average molecular weight is 206 g/mol. The van der Waals surface area contributed by atoms with E-state index in [9.17, 15) is 0 Å². The van der Waals surface area contributed by atoms with Crippen molar-refractivity contribution >= 4 is 0 Å². The molecule has 0 saturated carbocycles. The van der Waals surface area contributed by atoms with Crippen LogP contribution in [0, 0.1) is 0 Å². The topological polar surface area (TPSA) is 40.5 Å². The van der Waals surface area contributed by atoms with Gasteiger partial charge in [-0.3, -0.25) is 0 Å². The maximum absolute atomic E-state index is 7.06. The van der Waals surface area contributed by atoms with E-state index in [-0.39, 0.29) is 48.6 Å². The molecule has 0 heterocycles. The molecule has 0 aliphatic rings. The molecule has 2 N–H and O–H groups in total. The summed E-state index contributed by atoms with van der Waals surface area (Å²) < 4.78 is 14.1. The average Bonchev–Trinajstić information content (AvgIpc) is 0.918. The summed E-state index contributed by atoms with van der Waals surface area (Å²) in [6, 6.07) is 0. The van der Waals surface area contributed by atoms with E-state index >= 15 is 0 Å². The molecule has 1 radical (unpaired) electrons. The molecule has 41 valence electrons. The van der Waals surface area contributed by atoms with Crippen molar-refractivity contribution < 1.29 is 57.1 Å². The van der Waals surface area contributed by atoms with Gasteiger partial charge in [-0.25, -0.2) is 0 Å². The molecule has 0 unspecified atom stereocenters. The van der Waals surface area contributed by atoms with Crippen molar-refractivity contribution in [3.05, 3.63) is 0 Å². The van der Waals surface area contributed by atoms with Gasteiger partial charge in [0.2, 0.25) is 0 Å². The van der Waals surface area contributed by atoms with Crippen LogP contribution >= 0.6 is 0 Å². The third-order valence-electron chi connectivity index (χ3n) is 0. The van der Waals surface area contributed by atoms with Crippen LogP contribution in [-0.4, -0.2) is 8.50 Å². The zero-order valence-electron chi connectivity index (χ0n) is 1.90. The van der Waals surface area contributed by atoms with Crippen LogP contribution in [-0.2, 0) is 48.6 Å². The minimum atomic E-state index is -0.375. The second-order valence-electron chi connectivity index (χ2n) is 0.0632. The molecule has 2 nitrogen and oxygen atoms in total. The van der Waals surface area contributed by atoms with Crippen LogP contribution in [0.15, 0.2) is 0 Å². The van der Waals surface area contributed by atoms with E-state index < -0.39 is 0 Å². The number of hydrogen-bond acceptors (Lipinski definition) is 2.